The van der Waals surface area contributed by atoms with Crippen LogP contribution in [0.25, 0.3) is 0 Å². The molecule has 1 N–H and O–H groups in total. The number of rotatable bonds is 3. The number of aryl methyl sites for hydroxylation is 1. The van der Waals surface area contributed by atoms with Crippen LogP contribution in [-0.4, -0.2) is 39.7 Å². The molecule has 0 aliphatic heterocycles. The molecule has 4 nitrogen and oxygen atoms in total. The quantitative estimate of drug-likeness (QED) is 0.838. The molecule has 1 rings (SSSR count). The molecule has 0 fully saturated rings. The Bertz CT molecular complexity index is 388. The summed E-state index contributed by atoms with van der Waals surface area (Å²) in [5.41, 5.74) is 0.814. The highest BCUT2D eigenvalue weighted by molar-refractivity contribution is 5.92. The molecule has 0 saturated carbocycles. The van der Waals surface area contributed by atoms with E-state index in [1.807, 2.05) is 24.6 Å². The monoisotopic (exact) mass is 224 g/mol. The highest BCUT2D eigenvalue weighted by atomic mass is 16.3. The van der Waals surface area contributed by atoms with Crippen LogP contribution in [0.15, 0.2) is 12.1 Å². The van der Waals surface area contributed by atoms with Gasteiger partial charge in [0, 0.05) is 26.3 Å². The summed E-state index contributed by atoms with van der Waals surface area (Å²) in [6.45, 7) is 5.64. The van der Waals surface area contributed by atoms with Crippen LogP contribution in [0.3, 0.4) is 0 Å². The zero-order valence-corrected chi connectivity index (χ0v) is 10.6. The molecular formula is C12H20N2O2. The molecule has 0 aliphatic rings. The Kier molecular flexibility index (Phi) is 3.43. The maximum atomic E-state index is 12.1. The van der Waals surface area contributed by atoms with Gasteiger partial charge >= 0.3 is 0 Å². The summed E-state index contributed by atoms with van der Waals surface area (Å²) in [6.07, 6.45) is 0. The molecule has 0 radical (unpaired) electrons. The van der Waals surface area contributed by atoms with Crippen LogP contribution in [0, 0.1) is 6.92 Å². The standard InChI is InChI=1S/C12H20N2O2/c1-9-6-7-10(14(9)5)11(15)13(4)8-12(2,3)16/h6-7,16H,8H2,1-5H3. The summed E-state index contributed by atoms with van der Waals surface area (Å²) in [5, 5.41) is 9.66. The van der Waals surface area contributed by atoms with Gasteiger partial charge in [-0.3, -0.25) is 4.79 Å². The zero-order chi connectivity index (χ0) is 12.5. The lowest BCUT2D eigenvalue weighted by Gasteiger charge is -2.25. The van der Waals surface area contributed by atoms with Gasteiger partial charge in [0.2, 0.25) is 0 Å². The van der Waals surface area contributed by atoms with Crippen molar-refractivity contribution >= 4 is 5.91 Å². The smallest absolute Gasteiger partial charge is 0.270 e. The Hall–Kier alpha value is -1.29. The molecule has 1 amide bonds. The summed E-state index contributed by atoms with van der Waals surface area (Å²) in [4.78, 5) is 13.6. The van der Waals surface area contributed by atoms with Gasteiger partial charge in [-0.2, -0.15) is 0 Å². The molecule has 0 unspecified atom stereocenters. The molecular weight excluding hydrogens is 204 g/mol. The zero-order valence-electron chi connectivity index (χ0n) is 10.6. The van der Waals surface area contributed by atoms with E-state index in [0.717, 1.165) is 5.69 Å². The summed E-state index contributed by atoms with van der Waals surface area (Å²) < 4.78 is 1.85. The lowest BCUT2D eigenvalue weighted by Crippen LogP contribution is -2.40. The van der Waals surface area contributed by atoms with Crippen molar-refractivity contribution in [3.05, 3.63) is 23.5 Å². The Labute approximate surface area is 96.5 Å². The lowest BCUT2D eigenvalue weighted by atomic mass is 10.1. The maximum absolute atomic E-state index is 12.1. The van der Waals surface area contributed by atoms with Crippen molar-refractivity contribution in [1.29, 1.82) is 0 Å². The fourth-order valence-electron chi connectivity index (χ4n) is 1.68. The topological polar surface area (TPSA) is 45.5 Å². The second-order valence-corrected chi connectivity index (χ2v) is 4.89. The highest BCUT2D eigenvalue weighted by Gasteiger charge is 2.21. The minimum Gasteiger partial charge on any atom is -0.389 e. The van der Waals surface area contributed by atoms with Crippen molar-refractivity contribution in [3.8, 4) is 0 Å². The molecule has 1 aromatic heterocycles. The fourth-order valence-corrected chi connectivity index (χ4v) is 1.68. The van der Waals surface area contributed by atoms with E-state index in [9.17, 15) is 9.90 Å². The van der Waals surface area contributed by atoms with Crippen molar-refractivity contribution in [3.63, 3.8) is 0 Å². The second kappa shape index (κ2) is 4.29. The number of carbonyl (C=O) groups is 1. The van der Waals surface area contributed by atoms with E-state index in [4.69, 9.17) is 0 Å². The van der Waals surface area contributed by atoms with Gasteiger partial charge in [-0.05, 0) is 32.9 Å². The van der Waals surface area contributed by atoms with E-state index in [1.165, 1.54) is 4.90 Å². The van der Waals surface area contributed by atoms with Gasteiger partial charge in [-0.25, -0.2) is 0 Å². The van der Waals surface area contributed by atoms with Gasteiger partial charge in [0.1, 0.15) is 5.69 Å². The predicted octanol–water partition coefficient (Wildman–Crippen LogP) is 1.18. The lowest BCUT2D eigenvalue weighted by molar-refractivity contribution is 0.0363. The molecule has 16 heavy (non-hydrogen) atoms. The van der Waals surface area contributed by atoms with E-state index in [0.29, 0.717) is 12.2 Å². The van der Waals surface area contributed by atoms with Gasteiger partial charge in [-0.15, -0.1) is 0 Å². The number of aliphatic hydroxyl groups is 1. The van der Waals surface area contributed by atoms with Crippen LogP contribution >= 0.6 is 0 Å². The van der Waals surface area contributed by atoms with Crippen molar-refractivity contribution in [1.82, 2.24) is 9.47 Å². The predicted molar refractivity (Wildman–Crippen MR) is 63.4 cm³/mol. The number of hydrogen-bond acceptors (Lipinski definition) is 2. The number of carbonyl (C=O) groups excluding carboxylic acids is 1. The average molecular weight is 224 g/mol. The SMILES string of the molecule is Cc1ccc(C(=O)N(C)CC(C)(C)O)n1C. The molecule has 0 spiro atoms. The van der Waals surface area contributed by atoms with Crippen molar-refractivity contribution in [2.24, 2.45) is 7.05 Å². The maximum Gasteiger partial charge on any atom is 0.270 e. The van der Waals surface area contributed by atoms with Crippen LogP contribution in [-0.2, 0) is 7.05 Å². The molecule has 0 bridgehead atoms. The number of aromatic nitrogens is 1. The molecule has 0 aliphatic carbocycles. The molecule has 1 heterocycles. The molecule has 0 saturated heterocycles. The van der Waals surface area contributed by atoms with Crippen LogP contribution in [0.4, 0.5) is 0 Å². The first kappa shape index (κ1) is 12.8. The summed E-state index contributed by atoms with van der Waals surface area (Å²) in [6, 6.07) is 3.71. The first-order valence-corrected chi connectivity index (χ1v) is 5.32. The van der Waals surface area contributed by atoms with Crippen LogP contribution < -0.4 is 0 Å². The van der Waals surface area contributed by atoms with Gasteiger partial charge in [0.05, 0.1) is 5.60 Å². The number of hydrogen-bond donors (Lipinski definition) is 1. The van der Waals surface area contributed by atoms with Gasteiger partial charge in [-0.1, -0.05) is 0 Å². The van der Waals surface area contributed by atoms with Crippen molar-refractivity contribution in [2.75, 3.05) is 13.6 Å². The Morgan fingerprint density at radius 2 is 2.06 bits per heavy atom. The Balaban J connectivity index is 2.83. The average Bonchev–Trinajstić information content (AvgIpc) is 2.44. The molecule has 0 aromatic carbocycles. The van der Waals surface area contributed by atoms with Crippen LogP contribution in [0.1, 0.15) is 30.0 Å². The number of amides is 1. The summed E-state index contributed by atoms with van der Waals surface area (Å²) >= 11 is 0. The normalized spacial score (nSPS) is 11.6. The Morgan fingerprint density at radius 1 is 1.50 bits per heavy atom. The third-order valence-corrected chi connectivity index (χ3v) is 2.56. The van der Waals surface area contributed by atoms with Crippen molar-refractivity contribution in [2.45, 2.75) is 26.4 Å². The van der Waals surface area contributed by atoms with E-state index in [2.05, 4.69) is 0 Å². The minimum atomic E-state index is -0.870. The van der Waals surface area contributed by atoms with E-state index >= 15 is 0 Å². The van der Waals surface area contributed by atoms with E-state index in [-0.39, 0.29) is 5.91 Å². The second-order valence-electron chi connectivity index (χ2n) is 4.89. The van der Waals surface area contributed by atoms with Crippen LogP contribution in [0.5, 0.6) is 0 Å². The Morgan fingerprint density at radius 3 is 2.44 bits per heavy atom. The largest absolute Gasteiger partial charge is 0.389 e. The first-order chi connectivity index (χ1) is 7.22. The van der Waals surface area contributed by atoms with Gasteiger partial charge < -0.3 is 14.6 Å². The number of nitrogens with zero attached hydrogens (tertiary/aromatic N) is 2. The fraction of sp³-hybridized carbons (Fsp3) is 0.583. The third kappa shape index (κ3) is 2.85. The summed E-state index contributed by atoms with van der Waals surface area (Å²) in [7, 11) is 3.56. The van der Waals surface area contributed by atoms with Crippen LogP contribution in [0.2, 0.25) is 0 Å². The molecule has 90 valence electrons. The van der Waals surface area contributed by atoms with E-state index < -0.39 is 5.60 Å². The minimum absolute atomic E-state index is 0.0716. The van der Waals surface area contributed by atoms with Gasteiger partial charge in [0.25, 0.3) is 5.91 Å². The number of likely N-dealkylation sites (N-methyl/N-ethyl adjacent to an activating group) is 1. The first-order valence-electron chi connectivity index (χ1n) is 5.32. The van der Waals surface area contributed by atoms with Crippen molar-refractivity contribution < 1.29 is 9.90 Å². The van der Waals surface area contributed by atoms with E-state index in [1.54, 1.807) is 27.0 Å². The highest BCUT2D eigenvalue weighted by Crippen LogP contribution is 2.11. The third-order valence-electron chi connectivity index (χ3n) is 2.56. The summed E-state index contributed by atoms with van der Waals surface area (Å²) in [5.74, 6) is -0.0716. The molecule has 4 heteroatoms. The van der Waals surface area contributed by atoms with Gasteiger partial charge in [0.15, 0.2) is 0 Å². The molecule has 0 atom stereocenters. The molecule has 1 aromatic rings.